The highest BCUT2D eigenvalue weighted by Crippen LogP contribution is 2.24. The molecule has 0 aromatic heterocycles. The van der Waals surface area contributed by atoms with Gasteiger partial charge in [0.15, 0.2) is 6.61 Å². The molecule has 0 bridgehead atoms. The molecule has 164 valence electrons. The van der Waals surface area contributed by atoms with Crippen LogP contribution in [0.2, 0.25) is 0 Å². The number of para-hydroxylation sites is 2. The summed E-state index contributed by atoms with van der Waals surface area (Å²) in [7, 11) is 1.56. The fourth-order valence-corrected chi connectivity index (χ4v) is 3.15. The number of hydrogen-bond donors (Lipinski definition) is 2. The fourth-order valence-electron chi connectivity index (χ4n) is 3.15. The molecule has 0 saturated carbocycles. The first kappa shape index (κ1) is 22.6. The molecule has 2 N–H and O–H groups in total. The van der Waals surface area contributed by atoms with Crippen molar-refractivity contribution in [3.8, 4) is 5.75 Å². The van der Waals surface area contributed by atoms with Gasteiger partial charge in [-0.25, -0.2) is 4.79 Å². The van der Waals surface area contributed by atoms with E-state index < -0.39 is 18.5 Å². The molecule has 0 fully saturated rings. The van der Waals surface area contributed by atoms with Gasteiger partial charge >= 0.3 is 5.97 Å². The van der Waals surface area contributed by atoms with Crippen LogP contribution in [0.1, 0.15) is 39.2 Å². The Morgan fingerprint density at radius 2 is 1.53 bits per heavy atom. The lowest BCUT2D eigenvalue weighted by Crippen LogP contribution is -2.31. The number of hydrogen-bond acceptors (Lipinski definition) is 5. The average molecular weight is 432 g/mol. The Kier molecular flexibility index (Phi) is 7.59. The van der Waals surface area contributed by atoms with Gasteiger partial charge in [-0.15, -0.1) is 0 Å². The van der Waals surface area contributed by atoms with E-state index in [4.69, 9.17) is 9.47 Å². The number of anilines is 1. The molecule has 0 radical (unpaired) electrons. The summed E-state index contributed by atoms with van der Waals surface area (Å²) in [6, 6.07) is 22.1. The predicted octanol–water partition coefficient (Wildman–Crippen LogP) is 3.98. The van der Waals surface area contributed by atoms with Crippen molar-refractivity contribution in [2.45, 2.75) is 13.0 Å². The van der Waals surface area contributed by atoms with Gasteiger partial charge in [0.2, 0.25) is 0 Å². The molecule has 0 heterocycles. The topological polar surface area (TPSA) is 93.7 Å². The van der Waals surface area contributed by atoms with E-state index in [-0.39, 0.29) is 17.5 Å². The molecule has 3 rings (SSSR count). The summed E-state index contributed by atoms with van der Waals surface area (Å²) >= 11 is 0. The summed E-state index contributed by atoms with van der Waals surface area (Å²) in [6.45, 7) is 1.35. The van der Waals surface area contributed by atoms with Crippen LogP contribution in [0.4, 0.5) is 5.69 Å². The molecule has 7 heteroatoms. The van der Waals surface area contributed by atoms with Crippen LogP contribution in [-0.2, 0) is 9.53 Å². The van der Waals surface area contributed by atoms with Gasteiger partial charge in [-0.05, 0) is 37.3 Å². The summed E-state index contributed by atoms with van der Waals surface area (Å²) in [5, 5.41) is 5.49. The number of amides is 2. The van der Waals surface area contributed by atoms with Crippen LogP contribution in [-0.4, -0.2) is 31.5 Å². The Labute approximate surface area is 186 Å². The monoisotopic (exact) mass is 432 g/mol. The zero-order valence-corrected chi connectivity index (χ0v) is 17.8. The minimum Gasteiger partial charge on any atom is -0.496 e. The van der Waals surface area contributed by atoms with Crippen molar-refractivity contribution < 1.29 is 23.9 Å². The van der Waals surface area contributed by atoms with Crippen LogP contribution in [0.25, 0.3) is 0 Å². The molecule has 0 saturated heterocycles. The van der Waals surface area contributed by atoms with Gasteiger partial charge in [0.25, 0.3) is 11.8 Å². The molecular weight excluding hydrogens is 408 g/mol. The maximum Gasteiger partial charge on any atom is 0.340 e. The van der Waals surface area contributed by atoms with Crippen LogP contribution in [0.15, 0.2) is 78.9 Å². The minimum atomic E-state index is -0.714. The number of nitrogens with one attached hydrogen (secondary N) is 2. The van der Waals surface area contributed by atoms with Gasteiger partial charge in [-0.1, -0.05) is 48.5 Å². The molecule has 32 heavy (non-hydrogen) atoms. The van der Waals surface area contributed by atoms with E-state index in [0.29, 0.717) is 17.0 Å². The van der Waals surface area contributed by atoms with E-state index in [1.807, 2.05) is 31.2 Å². The predicted molar refractivity (Wildman–Crippen MR) is 121 cm³/mol. The van der Waals surface area contributed by atoms with Crippen molar-refractivity contribution in [1.29, 1.82) is 0 Å². The van der Waals surface area contributed by atoms with Gasteiger partial charge in [0.1, 0.15) is 5.75 Å². The number of ether oxygens (including phenoxy) is 2. The maximum absolute atomic E-state index is 12.6. The fraction of sp³-hybridized carbons (Fsp3) is 0.160. The number of carbonyl (C=O) groups is 3. The van der Waals surface area contributed by atoms with Crippen molar-refractivity contribution in [1.82, 2.24) is 5.32 Å². The van der Waals surface area contributed by atoms with Crippen LogP contribution in [0.5, 0.6) is 5.75 Å². The lowest BCUT2D eigenvalue weighted by atomic mass is 10.1. The van der Waals surface area contributed by atoms with Crippen molar-refractivity contribution in [2.24, 2.45) is 0 Å². The first-order chi connectivity index (χ1) is 15.5. The van der Waals surface area contributed by atoms with Gasteiger partial charge in [-0.2, -0.15) is 0 Å². The highest BCUT2D eigenvalue weighted by atomic mass is 16.5. The van der Waals surface area contributed by atoms with E-state index in [0.717, 1.165) is 5.56 Å². The van der Waals surface area contributed by atoms with Gasteiger partial charge in [0.05, 0.1) is 24.4 Å². The van der Waals surface area contributed by atoms with E-state index in [1.165, 1.54) is 6.07 Å². The van der Waals surface area contributed by atoms with Crippen LogP contribution >= 0.6 is 0 Å². The molecule has 3 aromatic rings. The quantitative estimate of drug-likeness (QED) is 0.525. The molecule has 1 atom stereocenters. The lowest BCUT2D eigenvalue weighted by Gasteiger charge is -2.17. The molecule has 0 spiro atoms. The summed E-state index contributed by atoms with van der Waals surface area (Å²) in [6.07, 6.45) is 0. The van der Waals surface area contributed by atoms with Crippen molar-refractivity contribution >= 4 is 23.5 Å². The van der Waals surface area contributed by atoms with Crippen LogP contribution in [0, 0.1) is 0 Å². The Hall–Kier alpha value is -4.13. The van der Waals surface area contributed by atoms with E-state index in [2.05, 4.69) is 10.6 Å². The Balaban J connectivity index is 1.60. The second-order valence-corrected chi connectivity index (χ2v) is 6.97. The summed E-state index contributed by atoms with van der Waals surface area (Å²) in [5.41, 5.74) is 1.72. The summed E-state index contributed by atoms with van der Waals surface area (Å²) in [4.78, 5) is 37.3. The van der Waals surface area contributed by atoms with Crippen molar-refractivity contribution in [3.63, 3.8) is 0 Å². The third-order valence-corrected chi connectivity index (χ3v) is 4.75. The minimum absolute atomic E-state index is 0.155. The number of esters is 1. The molecule has 0 aliphatic heterocycles. The second kappa shape index (κ2) is 10.8. The molecular formula is C25H24N2O5. The third kappa shape index (κ3) is 5.72. The Morgan fingerprint density at radius 1 is 0.875 bits per heavy atom. The third-order valence-electron chi connectivity index (χ3n) is 4.75. The van der Waals surface area contributed by atoms with Crippen LogP contribution in [0.3, 0.4) is 0 Å². The molecule has 0 aliphatic rings. The first-order valence-corrected chi connectivity index (χ1v) is 10.0. The van der Waals surface area contributed by atoms with Crippen molar-refractivity contribution in [2.75, 3.05) is 19.0 Å². The largest absolute Gasteiger partial charge is 0.496 e. The number of rotatable bonds is 8. The number of carbonyl (C=O) groups excluding carboxylic acids is 3. The SMILES string of the molecule is COc1ccccc1C(C)NC(=O)COC(=O)c1ccccc1NC(=O)c1ccccc1. The standard InChI is InChI=1S/C25H24N2O5/c1-17(19-12-7-9-15-22(19)31-2)26-23(28)16-32-25(30)20-13-6-8-14-21(20)27-24(29)18-10-4-3-5-11-18/h3-15,17H,16H2,1-2H3,(H,26,28)(H,27,29). The lowest BCUT2D eigenvalue weighted by molar-refractivity contribution is -0.124. The zero-order chi connectivity index (χ0) is 22.9. The first-order valence-electron chi connectivity index (χ1n) is 10.0. The maximum atomic E-state index is 12.6. The second-order valence-electron chi connectivity index (χ2n) is 6.97. The molecule has 2 amide bonds. The van der Waals surface area contributed by atoms with E-state index in [1.54, 1.807) is 55.6 Å². The Morgan fingerprint density at radius 3 is 2.28 bits per heavy atom. The van der Waals surface area contributed by atoms with Crippen LogP contribution < -0.4 is 15.4 Å². The molecule has 1 unspecified atom stereocenters. The van der Waals surface area contributed by atoms with E-state index in [9.17, 15) is 14.4 Å². The molecule has 3 aromatic carbocycles. The average Bonchev–Trinajstić information content (AvgIpc) is 2.83. The molecule has 0 aliphatic carbocycles. The highest BCUT2D eigenvalue weighted by Gasteiger charge is 2.18. The number of methoxy groups -OCH3 is 1. The molecule has 7 nitrogen and oxygen atoms in total. The van der Waals surface area contributed by atoms with Crippen molar-refractivity contribution in [3.05, 3.63) is 95.6 Å². The Bertz CT molecular complexity index is 1100. The van der Waals surface area contributed by atoms with Gasteiger partial charge in [-0.3, -0.25) is 9.59 Å². The van der Waals surface area contributed by atoms with Gasteiger partial charge < -0.3 is 20.1 Å². The van der Waals surface area contributed by atoms with E-state index >= 15 is 0 Å². The normalized spacial score (nSPS) is 11.2. The number of benzene rings is 3. The smallest absolute Gasteiger partial charge is 0.340 e. The van der Waals surface area contributed by atoms with Gasteiger partial charge in [0, 0.05) is 11.1 Å². The summed E-state index contributed by atoms with van der Waals surface area (Å²) in [5.74, 6) is -0.869. The summed E-state index contributed by atoms with van der Waals surface area (Å²) < 4.78 is 10.5. The zero-order valence-electron chi connectivity index (χ0n) is 17.8. The highest BCUT2D eigenvalue weighted by molar-refractivity contribution is 6.08.